The smallest absolute Gasteiger partial charge is 0.309 e. The Labute approximate surface area is 164 Å². The number of ether oxygens (including phenoxy) is 1. The van der Waals surface area contributed by atoms with Crippen molar-refractivity contribution in [3.63, 3.8) is 0 Å². The molecule has 1 aliphatic rings. The summed E-state index contributed by atoms with van der Waals surface area (Å²) in [5, 5.41) is 10.7. The third-order valence-electron chi connectivity index (χ3n) is 5.35. The highest BCUT2D eigenvalue weighted by atomic mass is 16.5. The van der Waals surface area contributed by atoms with Gasteiger partial charge in [0.2, 0.25) is 0 Å². The summed E-state index contributed by atoms with van der Waals surface area (Å²) < 4.78 is 5.19. The summed E-state index contributed by atoms with van der Waals surface area (Å²) >= 11 is 0. The number of hydrogen-bond donors (Lipinski definition) is 1. The third kappa shape index (κ3) is 3.65. The first-order chi connectivity index (χ1) is 13.7. The molecule has 1 aromatic heterocycles. The van der Waals surface area contributed by atoms with Crippen LogP contribution < -0.4 is 4.90 Å². The largest absolute Gasteiger partial charge is 0.508 e. The molecule has 4 rings (SSSR count). The molecule has 2 heterocycles. The van der Waals surface area contributed by atoms with Crippen LogP contribution in [0.5, 0.6) is 5.75 Å². The zero-order valence-electron chi connectivity index (χ0n) is 16.0. The molecule has 0 unspecified atom stereocenters. The van der Waals surface area contributed by atoms with Crippen LogP contribution in [0, 0.1) is 5.92 Å². The number of carbonyl (C=O) groups is 1. The summed E-state index contributed by atoms with van der Waals surface area (Å²) in [7, 11) is 0. The van der Waals surface area contributed by atoms with E-state index in [2.05, 4.69) is 28.1 Å². The number of phenols is 1. The van der Waals surface area contributed by atoms with Crippen LogP contribution in [0.4, 0.5) is 5.69 Å². The number of piperidine rings is 1. The molecule has 0 bridgehead atoms. The van der Waals surface area contributed by atoms with Crippen molar-refractivity contribution in [3.05, 3.63) is 54.7 Å². The van der Waals surface area contributed by atoms with E-state index in [1.165, 1.54) is 0 Å². The van der Waals surface area contributed by atoms with Gasteiger partial charge in [0.1, 0.15) is 5.75 Å². The van der Waals surface area contributed by atoms with Gasteiger partial charge in [0, 0.05) is 35.9 Å². The zero-order chi connectivity index (χ0) is 19.5. The van der Waals surface area contributed by atoms with Crippen LogP contribution in [0.1, 0.15) is 19.8 Å². The number of rotatable bonds is 4. The van der Waals surface area contributed by atoms with Crippen molar-refractivity contribution >= 4 is 22.6 Å². The summed E-state index contributed by atoms with van der Waals surface area (Å²) in [6, 6.07) is 15.6. The summed E-state index contributed by atoms with van der Waals surface area (Å²) in [6.07, 6.45) is 3.38. The Kier molecular flexibility index (Phi) is 5.15. The highest BCUT2D eigenvalue weighted by Crippen LogP contribution is 2.37. The van der Waals surface area contributed by atoms with Crippen molar-refractivity contribution in [1.29, 1.82) is 0 Å². The number of esters is 1. The van der Waals surface area contributed by atoms with Crippen LogP contribution in [0.2, 0.25) is 0 Å². The molecular weight excluding hydrogens is 352 g/mol. The normalized spacial score (nSPS) is 15.0. The number of fused-ring (bicyclic) bond motifs is 1. The van der Waals surface area contributed by atoms with Crippen LogP contribution >= 0.6 is 0 Å². The lowest BCUT2D eigenvalue weighted by Gasteiger charge is -2.34. The highest BCUT2D eigenvalue weighted by Gasteiger charge is 2.27. The molecule has 144 valence electrons. The second-order valence-corrected chi connectivity index (χ2v) is 7.13. The van der Waals surface area contributed by atoms with Crippen LogP contribution in [-0.4, -0.2) is 35.8 Å². The van der Waals surface area contributed by atoms with E-state index in [0.29, 0.717) is 6.61 Å². The van der Waals surface area contributed by atoms with Gasteiger partial charge in [0.05, 0.1) is 18.0 Å². The first-order valence-corrected chi connectivity index (χ1v) is 9.75. The SMILES string of the molecule is CCOC(=O)C1CCN(c2cc3ncccc3cc2-c2ccc(O)cc2)CC1. The first kappa shape index (κ1) is 18.3. The minimum Gasteiger partial charge on any atom is -0.508 e. The first-order valence-electron chi connectivity index (χ1n) is 9.75. The molecule has 2 aromatic carbocycles. The van der Waals surface area contributed by atoms with Gasteiger partial charge >= 0.3 is 5.97 Å². The van der Waals surface area contributed by atoms with E-state index in [-0.39, 0.29) is 17.6 Å². The molecule has 0 amide bonds. The maximum atomic E-state index is 12.1. The topological polar surface area (TPSA) is 62.7 Å². The monoisotopic (exact) mass is 376 g/mol. The molecule has 0 atom stereocenters. The number of nitrogens with zero attached hydrogens (tertiary/aromatic N) is 2. The minimum atomic E-state index is -0.0823. The van der Waals surface area contributed by atoms with Gasteiger partial charge in [-0.15, -0.1) is 0 Å². The molecule has 0 radical (unpaired) electrons. The molecule has 28 heavy (non-hydrogen) atoms. The van der Waals surface area contributed by atoms with E-state index in [9.17, 15) is 9.90 Å². The van der Waals surface area contributed by atoms with Crippen LogP contribution in [-0.2, 0) is 9.53 Å². The predicted octanol–water partition coefficient (Wildman–Crippen LogP) is 4.39. The van der Waals surface area contributed by atoms with Gasteiger partial charge in [0.15, 0.2) is 0 Å². The van der Waals surface area contributed by atoms with Gasteiger partial charge in [-0.25, -0.2) is 0 Å². The number of aromatic nitrogens is 1. The quantitative estimate of drug-likeness (QED) is 0.685. The summed E-state index contributed by atoms with van der Waals surface area (Å²) in [5.74, 6) is 0.149. The molecule has 3 aromatic rings. The third-order valence-corrected chi connectivity index (χ3v) is 5.35. The fourth-order valence-corrected chi connectivity index (χ4v) is 3.86. The van der Waals surface area contributed by atoms with Crippen LogP contribution in [0.15, 0.2) is 54.7 Å². The number of benzene rings is 2. The maximum Gasteiger partial charge on any atom is 0.309 e. The lowest BCUT2D eigenvalue weighted by atomic mass is 9.94. The van der Waals surface area contributed by atoms with E-state index in [1.54, 1.807) is 18.3 Å². The van der Waals surface area contributed by atoms with E-state index in [0.717, 1.165) is 53.6 Å². The van der Waals surface area contributed by atoms with Gasteiger partial charge in [-0.1, -0.05) is 18.2 Å². The molecule has 5 heteroatoms. The molecule has 0 saturated carbocycles. The van der Waals surface area contributed by atoms with Crippen molar-refractivity contribution in [2.24, 2.45) is 5.92 Å². The van der Waals surface area contributed by atoms with E-state index >= 15 is 0 Å². The number of aromatic hydroxyl groups is 1. The molecule has 1 saturated heterocycles. The molecular formula is C23H24N2O3. The van der Waals surface area contributed by atoms with Crippen molar-refractivity contribution in [3.8, 4) is 16.9 Å². The summed E-state index contributed by atoms with van der Waals surface area (Å²) in [4.78, 5) is 18.9. The van der Waals surface area contributed by atoms with Crippen molar-refractivity contribution in [1.82, 2.24) is 4.98 Å². The fraction of sp³-hybridized carbons (Fsp3) is 0.304. The fourth-order valence-electron chi connectivity index (χ4n) is 3.86. The van der Waals surface area contributed by atoms with Crippen LogP contribution in [0.3, 0.4) is 0 Å². The van der Waals surface area contributed by atoms with Gasteiger partial charge in [-0.2, -0.15) is 0 Å². The molecule has 1 fully saturated rings. The molecule has 5 nitrogen and oxygen atoms in total. The standard InChI is InChI=1S/C23H24N2O3/c1-2-28-23(27)17-9-12-25(13-10-17)22-15-21-18(4-3-11-24-21)14-20(22)16-5-7-19(26)8-6-16/h3-8,11,14-15,17,26H,2,9-10,12-13H2,1H3. The average molecular weight is 376 g/mol. The maximum absolute atomic E-state index is 12.1. The Balaban J connectivity index is 1.68. The Bertz CT molecular complexity index is 977. The van der Waals surface area contributed by atoms with Gasteiger partial charge < -0.3 is 14.7 Å². The second kappa shape index (κ2) is 7.89. The summed E-state index contributed by atoms with van der Waals surface area (Å²) in [5.41, 5.74) is 4.22. The summed E-state index contributed by atoms with van der Waals surface area (Å²) in [6.45, 7) is 3.87. The van der Waals surface area contributed by atoms with E-state index in [4.69, 9.17) is 4.74 Å². The van der Waals surface area contributed by atoms with E-state index in [1.807, 2.05) is 25.1 Å². The second-order valence-electron chi connectivity index (χ2n) is 7.13. The number of carbonyl (C=O) groups excluding carboxylic acids is 1. The average Bonchev–Trinajstić information content (AvgIpc) is 2.74. The minimum absolute atomic E-state index is 0.0214. The number of anilines is 1. The molecule has 1 aliphatic heterocycles. The lowest BCUT2D eigenvalue weighted by molar-refractivity contribution is -0.148. The predicted molar refractivity (Wildman–Crippen MR) is 110 cm³/mol. The molecule has 0 aliphatic carbocycles. The number of phenolic OH excluding ortho intramolecular Hbond substituents is 1. The van der Waals surface area contributed by atoms with Crippen LogP contribution in [0.25, 0.3) is 22.0 Å². The zero-order valence-corrected chi connectivity index (χ0v) is 16.0. The van der Waals surface area contributed by atoms with Gasteiger partial charge in [-0.3, -0.25) is 9.78 Å². The van der Waals surface area contributed by atoms with Crippen molar-refractivity contribution in [2.75, 3.05) is 24.6 Å². The molecule has 1 N–H and O–H groups in total. The highest BCUT2D eigenvalue weighted by molar-refractivity contribution is 5.92. The van der Waals surface area contributed by atoms with Crippen molar-refractivity contribution < 1.29 is 14.6 Å². The molecule has 0 spiro atoms. The van der Waals surface area contributed by atoms with Crippen molar-refractivity contribution in [2.45, 2.75) is 19.8 Å². The number of pyridine rings is 1. The van der Waals surface area contributed by atoms with E-state index < -0.39 is 0 Å². The Morgan fingerprint density at radius 3 is 2.64 bits per heavy atom. The van der Waals surface area contributed by atoms with Gasteiger partial charge in [-0.05, 0) is 55.7 Å². The Morgan fingerprint density at radius 2 is 1.93 bits per heavy atom. The Morgan fingerprint density at radius 1 is 1.18 bits per heavy atom. The lowest BCUT2D eigenvalue weighted by Crippen LogP contribution is -2.37. The number of hydrogen-bond acceptors (Lipinski definition) is 5. The van der Waals surface area contributed by atoms with Gasteiger partial charge in [0.25, 0.3) is 0 Å². The Hall–Kier alpha value is -3.08.